The van der Waals surface area contributed by atoms with Crippen LogP contribution in [-0.2, 0) is 39.1 Å². The first-order chi connectivity index (χ1) is 6.81. The Morgan fingerprint density at radius 1 is 1.12 bits per heavy atom. The summed E-state index contributed by atoms with van der Waals surface area (Å²) in [5.41, 5.74) is 1.68. The van der Waals surface area contributed by atoms with Crippen LogP contribution in [0.25, 0.3) is 0 Å². The maximum atomic E-state index is 3.22. The average molecular weight is 293 g/mol. The molecule has 0 bridgehead atoms. The van der Waals surface area contributed by atoms with Crippen molar-refractivity contribution in [3.8, 4) is 0 Å². The Balaban J connectivity index is 0. The summed E-state index contributed by atoms with van der Waals surface area (Å²) in [4.78, 5) is 0. The molecule has 1 heteroatoms. The van der Waals surface area contributed by atoms with E-state index < -0.39 is 0 Å². The van der Waals surface area contributed by atoms with Crippen LogP contribution in [0.1, 0.15) is 47.1 Å². The van der Waals surface area contributed by atoms with Crippen molar-refractivity contribution in [1.29, 1.82) is 0 Å². The van der Waals surface area contributed by atoms with Crippen LogP contribution in [0.5, 0.6) is 0 Å². The zero-order valence-corrected chi connectivity index (χ0v) is 14.4. The van der Waals surface area contributed by atoms with Gasteiger partial charge in [0.25, 0.3) is 0 Å². The summed E-state index contributed by atoms with van der Waals surface area (Å²) in [6, 6.07) is 11.4. The predicted octanol–water partition coefficient (Wildman–Crippen LogP) is 4.69. The van der Waals surface area contributed by atoms with Crippen molar-refractivity contribution in [2.75, 3.05) is 0 Å². The molecule has 0 atom stereocenters. The van der Waals surface area contributed by atoms with Gasteiger partial charge in [0, 0.05) is 32.7 Å². The van der Waals surface area contributed by atoms with Crippen LogP contribution in [-0.4, -0.2) is 0 Å². The molecule has 0 aliphatic carbocycles. The van der Waals surface area contributed by atoms with E-state index in [-0.39, 0.29) is 32.7 Å². The molecular weight excluding hydrogens is 269 g/mol. The van der Waals surface area contributed by atoms with Crippen LogP contribution >= 0.6 is 0 Å². The van der Waals surface area contributed by atoms with Crippen molar-refractivity contribution < 1.29 is 32.7 Å². The minimum absolute atomic E-state index is 0. The molecule has 0 amide bonds. The van der Waals surface area contributed by atoms with Crippen LogP contribution in [0.4, 0.5) is 0 Å². The summed E-state index contributed by atoms with van der Waals surface area (Å²) in [5.74, 6) is 1.42. The van der Waals surface area contributed by atoms with Gasteiger partial charge in [0.15, 0.2) is 0 Å². The molecule has 1 rings (SSSR count). The normalized spacial score (nSPS) is 10.2. The van der Waals surface area contributed by atoms with E-state index in [0.717, 1.165) is 6.42 Å². The maximum Gasteiger partial charge on any atom is 0 e. The van der Waals surface area contributed by atoms with Crippen LogP contribution < -0.4 is 0 Å². The van der Waals surface area contributed by atoms with Gasteiger partial charge in [0.05, 0.1) is 0 Å². The largest absolute Gasteiger partial charge is 0.323 e. The molecule has 1 aromatic rings. The summed E-state index contributed by atoms with van der Waals surface area (Å²) in [5, 5.41) is 0. The van der Waals surface area contributed by atoms with Gasteiger partial charge in [0.1, 0.15) is 0 Å². The summed E-state index contributed by atoms with van der Waals surface area (Å²) in [7, 11) is 0. The van der Waals surface area contributed by atoms with Gasteiger partial charge in [0.2, 0.25) is 0 Å². The number of rotatable bonds is 1. The molecule has 0 saturated heterocycles. The van der Waals surface area contributed by atoms with Crippen molar-refractivity contribution >= 4 is 0 Å². The Hall–Kier alpha value is 0.324. The SMILES string of the molecule is CC(C)(C)Cc1[c-]cccc1.C[C-](C)C.[Y]. The second kappa shape index (κ2) is 9.36. The van der Waals surface area contributed by atoms with Crippen LogP contribution in [0.3, 0.4) is 0 Å². The fourth-order valence-corrected chi connectivity index (χ4v) is 1.11. The third-order valence-corrected chi connectivity index (χ3v) is 1.49. The van der Waals surface area contributed by atoms with E-state index in [0.29, 0.717) is 5.41 Å². The van der Waals surface area contributed by atoms with Crippen LogP contribution in [0, 0.1) is 17.4 Å². The molecule has 0 unspecified atom stereocenters. The minimum Gasteiger partial charge on any atom is -0.323 e. The third kappa shape index (κ3) is 14.3. The molecular formula is C15H24Y-2. The summed E-state index contributed by atoms with van der Waals surface area (Å²) >= 11 is 0. The summed E-state index contributed by atoms with van der Waals surface area (Å²) in [6.07, 6.45) is 1.10. The molecule has 0 fully saturated rings. The van der Waals surface area contributed by atoms with Gasteiger partial charge in [-0.05, 0) is 11.8 Å². The minimum atomic E-state index is 0. The average Bonchev–Trinajstić information content (AvgIpc) is 2.01. The van der Waals surface area contributed by atoms with Crippen molar-refractivity contribution in [2.45, 2.75) is 48.0 Å². The van der Waals surface area contributed by atoms with E-state index >= 15 is 0 Å². The van der Waals surface area contributed by atoms with Crippen molar-refractivity contribution in [2.24, 2.45) is 5.41 Å². The van der Waals surface area contributed by atoms with E-state index in [1.54, 1.807) is 0 Å². The molecule has 89 valence electrons. The fourth-order valence-electron chi connectivity index (χ4n) is 1.11. The molecule has 1 radical (unpaired) electrons. The standard InChI is InChI=1S/C11H15.C4H9.Y/c1-11(2,3)9-10-7-5-4-6-8-10;1-4(2)3;/h4-7H,9H2,1-3H3;1-3H3;/q2*-1;. The topological polar surface area (TPSA) is 0 Å². The van der Waals surface area contributed by atoms with Crippen molar-refractivity contribution in [3.63, 3.8) is 0 Å². The summed E-state index contributed by atoms with van der Waals surface area (Å²) in [6.45, 7) is 13.0. The van der Waals surface area contributed by atoms with Crippen molar-refractivity contribution in [3.05, 3.63) is 41.8 Å². The molecule has 0 aromatic heterocycles. The van der Waals surface area contributed by atoms with Gasteiger partial charge in [-0.25, -0.2) is 0 Å². The molecule has 0 nitrogen and oxygen atoms in total. The molecule has 0 aliphatic heterocycles. The first-order valence-corrected chi connectivity index (χ1v) is 5.53. The third-order valence-electron chi connectivity index (χ3n) is 1.49. The second-order valence-electron chi connectivity index (χ2n) is 5.63. The second-order valence-corrected chi connectivity index (χ2v) is 5.63. The van der Waals surface area contributed by atoms with Crippen molar-refractivity contribution in [1.82, 2.24) is 0 Å². The zero-order chi connectivity index (χ0) is 11.9. The van der Waals surface area contributed by atoms with Gasteiger partial charge >= 0.3 is 0 Å². The number of hydrogen-bond donors (Lipinski definition) is 0. The Morgan fingerprint density at radius 3 is 1.94 bits per heavy atom. The van der Waals surface area contributed by atoms with E-state index in [9.17, 15) is 0 Å². The molecule has 1 aromatic carbocycles. The predicted molar refractivity (Wildman–Crippen MR) is 68.7 cm³/mol. The maximum absolute atomic E-state index is 3.22. The first-order valence-electron chi connectivity index (χ1n) is 5.53. The number of benzene rings is 1. The Labute approximate surface area is 127 Å². The smallest absolute Gasteiger partial charge is 0 e. The first kappa shape index (κ1) is 18.7. The molecule has 0 spiro atoms. The van der Waals surface area contributed by atoms with Gasteiger partial charge < -0.3 is 5.92 Å². The van der Waals surface area contributed by atoms with E-state index in [4.69, 9.17) is 0 Å². The van der Waals surface area contributed by atoms with E-state index in [1.807, 2.05) is 12.1 Å². The zero-order valence-electron chi connectivity index (χ0n) is 11.6. The number of hydrogen-bond acceptors (Lipinski definition) is 0. The van der Waals surface area contributed by atoms with Gasteiger partial charge in [-0.3, -0.25) is 0 Å². The Kier molecular flexibility index (Phi) is 10.9. The van der Waals surface area contributed by atoms with Crippen LogP contribution in [0.15, 0.2) is 24.3 Å². The van der Waals surface area contributed by atoms with Gasteiger partial charge in [-0.1, -0.05) is 20.8 Å². The van der Waals surface area contributed by atoms with Gasteiger partial charge in [-0.2, -0.15) is 56.7 Å². The molecule has 0 heterocycles. The van der Waals surface area contributed by atoms with Crippen LogP contribution in [0.2, 0.25) is 0 Å². The Bertz CT molecular complexity index is 241. The Morgan fingerprint density at radius 2 is 1.62 bits per heavy atom. The molecule has 16 heavy (non-hydrogen) atoms. The van der Waals surface area contributed by atoms with E-state index in [1.165, 1.54) is 11.5 Å². The van der Waals surface area contributed by atoms with E-state index in [2.05, 4.69) is 59.7 Å². The molecule has 0 N–H and O–H groups in total. The molecule has 0 saturated carbocycles. The quantitative estimate of drug-likeness (QED) is 0.659. The summed E-state index contributed by atoms with van der Waals surface area (Å²) < 4.78 is 0. The molecule has 0 aliphatic rings. The fraction of sp³-hybridized carbons (Fsp3) is 0.533. The van der Waals surface area contributed by atoms with Gasteiger partial charge in [-0.15, -0.1) is 0 Å². The monoisotopic (exact) mass is 293 g/mol.